The molecule has 1 aromatic heterocycles. The number of fused-ring (bicyclic) bond motifs is 1. The molecule has 2 aliphatic rings. The second kappa shape index (κ2) is 13.2. The maximum Gasteiger partial charge on any atom is 0.407 e. The van der Waals surface area contributed by atoms with Gasteiger partial charge in [-0.2, -0.15) is 0 Å². The lowest BCUT2D eigenvalue weighted by atomic mass is 9.84. The fourth-order valence-corrected chi connectivity index (χ4v) is 8.41. The van der Waals surface area contributed by atoms with Gasteiger partial charge in [0.2, 0.25) is 0 Å². The van der Waals surface area contributed by atoms with Crippen LogP contribution in [0.1, 0.15) is 70.2 Å². The number of hydrogen-bond donors (Lipinski definition) is 1. The van der Waals surface area contributed by atoms with E-state index in [-0.39, 0.29) is 11.5 Å². The van der Waals surface area contributed by atoms with Crippen molar-refractivity contribution in [1.82, 2.24) is 10.1 Å². The Labute approximate surface area is 261 Å². The van der Waals surface area contributed by atoms with Crippen molar-refractivity contribution in [1.29, 1.82) is 0 Å². The number of aromatic nitrogens is 1. The SMILES string of the molecule is CC(C)(C)C(O[Si](c1ccccc1)c1ccccc1)c1cc2c(CCC3CCN(C(=O)O)CC3)noc2cc1OCC1CC1. The van der Waals surface area contributed by atoms with Gasteiger partial charge < -0.3 is 23.7 Å². The summed E-state index contributed by atoms with van der Waals surface area (Å²) in [5, 5.41) is 17.3. The van der Waals surface area contributed by atoms with Gasteiger partial charge in [-0.05, 0) is 72.2 Å². The number of nitrogens with zero attached hydrogens (tertiary/aromatic N) is 2. The van der Waals surface area contributed by atoms with E-state index in [1.807, 2.05) is 6.07 Å². The van der Waals surface area contributed by atoms with Gasteiger partial charge in [-0.1, -0.05) is 86.6 Å². The maximum atomic E-state index is 11.3. The van der Waals surface area contributed by atoms with E-state index >= 15 is 0 Å². The molecule has 4 aromatic rings. The molecule has 2 heterocycles. The molecule has 1 atom stereocenters. The highest BCUT2D eigenvalue weighted by atomic mass is 28.3. The van der Waals surface area contributed by atoms with E-state index in [2.05, 4.69) is 92.7 Å². The third kappa shape index (κ3) is 7.19. The lowest BCUT2D eigenvalue weighted by Gasteiger charge is -2.35. The molecule has 6 rings (SSSR count). The molecule has 44 heavy (non-hydrogen) atoms. The van der Waals surface area contributed by atoms with Gasteiger partial charge in [0.05, 0.1) is 18.4 Å². The van der Waals surface area contributed by atoms with Crippen LogP contribution in [0.2, 0.25) is 0 Å². The molecule has 1 saturated heterocycles. The summed E-state index contributed by atoms with van der Waals surface area (Å²) in [4.78, 5) is 12.9. The summed E-state index contributed by atoms with van der Waals surface area (Å²) in [6, 6.07) is 25.4. The van der Waals surface area contributed by atoms with E-state index in [4.69, 9.17) is 13.7 Å². The van der Waals surface area contributed by atoms with Crippen LogP contribution in [0.25, 0.3) is 11.0 Å². The third-order valence-corrected chi connectivity index (χ3v) is 11.1. The van der Waals surface area contributed by atoms with Gasteiger partial charge >= 0.3 is 6.09 Å². The quantitative estimate of drug-likeness (QED) is 0.187. The van der Waals surface area contributed by atoms with E-state index in [1.54, 1.807) is 0 Å². The molecular formula is C36H43N2O5Si. The van der Waals surface area contributed by atoms with Crippen LogP contribution in [-0.2, 0) is 10.8 Å². The third-order valence-electron chi connectivity index (χ3n) is 8.90. The Morgan fingerprint density at radius 3 is 2.18 bits per heavy atom. The molecule has 1 N–H and O–H groups in total. The zero-order valence-electron chi connectivity index (χ0n) is 26.0. The molecule has 7 nitrogen and oxygen atoms in total. The van der Waals surface area contributed by atoms with Crippen LogP contribution in [0.4, 0.5) is 4.79 Å². The van der Waals surface area contributed by atoms with Crippen LogP contribution in [-0.4, -0.2) is 50.0 Å². The Morgan fingerprint density at radius 1 is 0.977 bits per heavy atom. The number of benzene rings is 3. The molecule has 1 unspecified atom stereocenters. The first-order valence-corrected chi connectivity index (χ1v) is 17.3. The van der Waals surface area contributed by atoms with Gasteiger partial charge in [0.1, 0.15) is 5.75 Å². The first-order chi connectivity index (χ1) is 21.3. The number of piperidine rings is 1. The summed E-state index contributed by atoms with van der Waals surface area (Å²) in [5.41, 5.74) is 2.50. The number of ether oxygens (including phenoxy) is 1. The van der Waals surface area contributed by atoms with Crippen LogP contribution < -0.4 is 15.1 Å². The number of hydrogen-bond acceptors (Lipinski definition) is 5. The van der Waals surface area contributed by atoms with Gasteiger partial charge in [0, 0.05) is 30.1 Å². The molecule has 0 spiro atoms. The second-order valence-corrected chi connectivity index (χ2v) is 15.5. The normalized spacial score (nSPS) is 16.9. The van der Waals surface area contributed by atoms with Crippen LogP contribution in [0.3, 0.4) is 0 Å². The average molecular weight is 612 g/mol. The first kappa shape index (κ1) is 30.4. The highest BCUT2D eigenvalue weighted by Gasteiger charge is 2.36. The summed E-state index contributed by atoms with van der Waals surface area (Å²) in [7, 11) is -1.59. The highest BCUT2D eigenvalue weighted by molar-refractivity contribution is 6.80. The zero-order valence-corrected chi connectivity index (χ0v) is 27.0. The van der Waals surface area contributed by atoms with Gasteiger partial charge in [-0.25, -0.2) is 4.79 Å². The summed E-state index contributed by atoms with van der Waals surface area (Å²) in [6.45, 7) is 8.60. The standard InChI is InChI=1S/C36H43N2O5Si/c1-36(2,3)34(43-44(27-10-6-4-7-11-27)28-12-8-5-9-13-28)30-22-29-31(17-16-25-18-20-38(21-19-25)35(39)40)37-42-33(29)23-32(30)41-24-26-14-15-26/h4-13,22-23,25-26,34H,14-21,24H2,1-3H3,(H,39,40). The van der Waals surface area contributed by atoms with E-state index < -0.39 is 15.1 Å². The van der Waals surface area contributed by atoms with Gasteiger partial charge in [-0.3, -0.25) is 0 Å². The minimum Gasteiger partial charge on any atom is -0.493 e. The van der Waals surface area contributed by atoms with E-state index in [9.17, 15) is 9.90 Å². The lowest BCUT2D eigenvalue weighted by Crippen LogP contribution is -2.47. The Balaban J connectivity index is 1.33. The molecule has 1 aliphatic carbocycles. The smallest absolute Gasteiger partial charge is 0.407 e. The summed E-state index contributed by atoms with van der Waals surface area (Å²) < 4.78 is 19.7. The molecule has 231 valence electrons. The van der Waals surface area contributed by atoms with Crippen molar-refractivity contribution in [3.63, 3.8) is 0 Å². The van der Waals surface area contributed by atoms with Gasteiger partial charge in [0.25, 0.3) is 9.04 Å². The molecule has 1 radical (unpaired) electrons. The van der Waals surface area contributed by atoms with Crippen molar-refractivity contribution in [2.24, 2.45) is 17.3 Å². The molecule has 1 saturated carbocycles. The van der Waals surface area contributed by atoms with Crippen LogP contribution in [0, 0.1) is 17.3 Å². The predicted octanol–water partition coefficient (Wildman–Crippen LogP) is 6.85. The molecule has 2 fully saturated rings. The maximum absolute atomic E-state index is 11.3. The van der Waals surface area contributed by atoms with Crippen molar-refractivity contribution in [3.8, 4) is 5.75 Å². The van der Waals surface area contributed by atoms with Crippen molar-refractivity contribution >= 4 is 36.5 Å². The zero-order chi connectivity index (χ0) is 30.7. The van der Waals surface area contributed by atoms with Crippen LogP contribution >= 0.6 is 0 Å². The number of amides is 1. The number of aryl methyl sites for hydroxylation is 1. The summed E-state index contributed by atoms with van der Waals surface area (Å²) in [5.74, 6) is 1.90. The topological polar surface area (TPSA) is 85.0 Å². The summed E-state index contributed by atoms with van der Waals surface area (Å²) in [6.07, 6.45) is 4.88. The lowest BCUT2D eigenvalue weighted by molar-refractivity contribution is 0.0861. The van der Waals surface area contributed by atoms with Crippen molar-refractivity contribution in [2.75, 3.05) is 19.7 Å². The Bertz CT molecular complexity index is 1500. The molecule has 1 aliphatic heterocycles. The number of carbonyl (C=O) groups is 1. The van der Waals surface area contributed by atoms with Crippen molar-refractivity contribution < 1.29 is 23.6 Å². The number of rotatable bonds is 11. The largest absolute Gasteiger partial charge is 0.493 e. The fourth-order valence-electron chi connectivity index (χ4n) is 6.09. The molecule has 8 heteroatoms. The monoisotopic (exact) mass is 611 g/mol. The molecule has 1 amide bonds. The molecule has 0 bridgehead atoms. The van der Waals surface area contributed by atoms with E-state index in [0.29, 0.717) is 31.5 Å². The number of likely N-dealkylation sites (tertiary alicyclic amines) is 1. The number of carboxylic acid groups (broad SMARTS) is 1. The first-order valence-electron chi connectivity index (χ1n) is 15.9. The second-order valence-electron chi connectivity index (χ2n) is 13.4. The van der Waals surface area contributed by atoms with Gasteiger partial charge in [0.15, 0.2) is 5.58 Å². The fraction of sp³-hybridized carbons (Fsp3) is 0.444. The summed E-state index contributed by atoms with van der Waals surface area (Å²) >= 11 is 0. The van der Waals surface area contributed by atoms with Gasteiger partial charge in [-0.15, -0.1) is 0 Å². The minimum absolute atomic E-state index is 0.222. The molecular weight excluding hydrogens is 568 g/mol. The van der Waals surface area contributed by atoms with Crippen molar-refractivity contribution in [3.05, 3.63) is 84.1 Å². The van der Waals surface area contributed by atoms with Crippen molar-refractivity contribution in [2.45, 2.75) is 65.4 Å². The minimum atomic E-state index is -1.59. The Kier molecular flexibility index (Phi) is 9.10. The average Bonchev–Trinajstić information content (AvgIpc) is 3.78. The predicted molar refractivity (Wildman–Crippen MR) is 174 cm³/mol. The molecule has 3 aromatic carbocycles. The Morgan fingerprint density at radius 2 is 1.61 bits per heavy atom. The van der Waals surface area contributed by atoms with Crippen LogP contribution in [0.15, 0.2) is 77.3 Å². The van der Waals surface area contributed by atoms with E-state index in [0.717, 1.165) is 53.7 Å². The Hall–Kier alpha value is -3.62. The van der Waals surface area contributed by atoms with Crippen LogP contribution in [0.5, 0.6) is 5.75 Å². The van der Waals surface area contributed by atoms with E-state index in [1.165, 1.54) is 28.1 Å². The highest BCUT2D eigenvalue weighted by Crippen LogP contribution is 2.44.